The molecular weight excluding hydrogens is 146 g/mol. The van der Waals surface area contributed by atoms with Gasteiger partial charge in [0.1, 0.15) is 0 Å². The Balaban J connectivity index is 2.76. The summed E-state index contributed by atoms with van der Waals surface area (Å²) in [7, 11) is 0. The molecule has 1 aromatic carbocycles. The van der Waals surface area contributed by atoms with E-state index in [0.717, 1.165) is 0 Å². The molecule has 0 amide bonds. The van der Waals surface area contributed by atoms with Crippen molar-refractivity contribution >= 4 is 6.08 Å². The zero-order chi connectivity index (χ0) is 8.81. The first kappa shape index (κ1) is 8.55. The van der Waals surface area contributed by atoms with E-state index in [1.165, 1.54) is 11.1 Å². The van der Waals surface area contributed by atoms with E-state index in [4.69, 9.17) is 6.57 Å². The van der Waals surface area contributed by atoms with Crippen LogP contribution in [-0.2, 0) is 0 Å². The Morgan fingerprint density at radius 1 is 1.42 bits per heavy atom. The van der Waals surface area contributed by atoms with Crippen LogP contribution in [0.25, 0.3) is 10.9 Å². The molecule has 0 spiro atoms. The van der Waals surface area contributed by atoms with Crippen LogP contribution in [0.15, 0.2) is 35.9 Å². The monoisotopic (exact) mass is 158 g/mol. The Morgan fingerprint density at radius 2 is 2.08 bits per heavy atom. The smallest absolute Gasteiger partial charge is 0.0821 e. The standard InChI is InChI=1S/C11H12N/c1-10(9-12-2)8-11-6-4-3-5-7-11/h2-8H,9H2,1H3/q+1/b10-8+. The highest BCUT2D eigenvalue weighted by Crippen LogP contribution is 2.05. The van der Waals surface area contributed by atoms with Crippen LogP contribution in [0.5, 0.6) is 0 Å². The van der Waals surface area contributed by atoms with Gasteiger partial charge in [-0.2, -0.15) is 0 Å². The molecule has 1 heteroatoms. The van der Waals surface area contributed by atoms with Crippen molar-refractivity contribution in [3.63, 3.8) is 0 Å². The molecule has 1 rings (SSSR count). The predicted molar refractivity (Wildman–Crippen MR) is 53.3 cm³/mol. The van der Waals surface area contributed by atoms with E-state index < -0.39 is 0 Å². The molecule has 0 aliphatic carbocycles. The second-order valence-corrected chi connectivity index (χ2v) is 2.74. The normalized spacial score (nSPS) is 10.8. The number of rotatable bonds is 2. The molecule has 0 bridgehead atoms. The van der Waals surface area contributed by atoms with Gasteiger partial charge >= 0.3 is 0 Å². The van der Waals surface area contributed by atoms with Gasteiger partial charge in [-0.25, -0.2) is 0 Å². The Hall–Kier alpha value is -1.55. The Kier molecular flexibility index (Phi) is 3.10. The van der Waals surface area contributed by atoms with Gasteiger partial charge in [0.05, 0.1) is 0 Å². The summed E-state index contributed by atoms with van der Waals surface area (Å²) >= 11 is 0. The summed E-state index contributed by atoms with van der Waals surface area (Å²) in [6.45, 7) is 7.69. The van der Waals surface area contributed by atoms with Crippen molar-refractivity contribution in [1.82, 2.24) is 0 Å². The molecule has 0 aromatic heterocycles. The van der Waals surface area contributed by atoms with Crippen LogP contribution in [0.4, 0.5) is 0 Å². The first-order chi connectivity index (χ1) is 5.83. The lowest BCUT2D eigenvalue weighted by Gasteiger charge is -1.91. The Bertz CT molecular complexity index is 304. The molecule has 0 unspecified atom stereocenters. The van der Waals surface area contributed by atoms with Crippen LogP contribution in [0.3, 0.4) is 0 Å². The number of benzene rings is 1. The van der Waals surface area contributed by atoms with Crippen molar-refractivity contribution in [3.05, 3.63) is 46.3 Å². The summed E-state index contributed by atoms with van der Waals surface area (Å²) in [5, 5.41) is 0. The largest absolute Gasteiger partial charge is 0.284 e. The highest BCUT2D eigenvalue weighted by Gasteiger charge is 1.93. The van der Waals surface area contributed by atoms with Crippen LogP contribution in [-0.4, -0.2) is 6.54 Å². The second-order valence-electron chi connectivity index (χ2n) is 2.74. The van der Waals surface area contributed by atoms with Gasteiger partial charge < -0.3 is 0 Å². The van der Waals surface area contributed by atoms with Gasteiger partial charge in [0.15, 0.2) is 0 Å². The average molecular weight is 158 g/mol. The van der Waals surface area contributed by atoms with Gasteiger partial charge in [0.25, 0.3) is 13.1 Å². The molecule has 0 aliphatic heterocycles. The minimum Gasteiger partial charge on any atom is -0.0821 e. The van der Waals surface area contributed by atoms with Gasteiger partial charge in [0.2, 0.25) is 0 Å². The third-order valence-corrected chi connectivity index (χ3v) is 1.55. The molecule has 0 radical (unpaired) electrons. The van der Waals surface area contributed by atoms with Gasteiger partial charge in [-0.15, -0.1) is 0 Å². The molecule has 0 fully saturated rings. The molecular formula is C11H12N+. The minimum absolute atomic E-state index is 0.606. The number of hydrogen-bond donors (Lipinski definition) is 0. The third-order valence-electron chi connectivity index (χ3n) is 1.55. The van der Waals surface area contributed by atoms with E-state index in [9.17, 15) is 0 Å². The van der Waals surface area contributed by atoms with Crippen molar-refractivity contribution in [2.45, 2.75) is 6.92 Å². The van der Waals surface area contributed by atoms with Gasteiger partial charge in [-0.1, -0.05) is 35.2 Å². The van der Waals surface area contributed by atoms with Crippen molar-refractivity contribution in [1.29, 1.82) is 0 Å². The molecule has 0 atom stereocenters. The maximum Gasteiger partial charge on any atom is 0.284 e. The molecule has 1 nitrogen and oxygen atoms in total. The molecule has 0 heterocycles. The highest BCUT2D eigenvalue weighted by molar-refractivity contribution is 5.52. The lowest BCUT2D eigenvalue weighted by molar-refractivity contribution is 1.33. The van der Waals surface area contributed by atoms with Crippen molar-refractivity contribution in [3.8, 4) is 6.57 Å². The first-order valence-corrected chi connectivity index (χ1v) is 3.92. The topological polar surface area (TPSA) is 4.36 Å². The summed E-state index contributed by atoms with van der Waals surface area (Å²) < 4.78 is 0. The van der Waals surface area contributed by atoms with E-state index in [1.54, 1.807) is 0 Å². The molecule has 0 saturated heterocycles. The maximum atomic E-state index is 5.07. The molecule has 1 aromatic rings. The second kappa shape index (κ2) is 4.35. The van der Waals surface area contributed by atoms with E-state index in [0.29, 0.717) is 6.54 Å². The van der Waals surface area contributed by atoms with Crippen molar-refractivity contribution in [2.24, 2.45) is 0 Å². The summed E-state index contributed by atoms with van der Waals surface area (Å²) in [6, 6.07) is 10.1. The number of nitrogens with zero attached hydrogens (tertiary/aromatic N) is 1. The van der Waals surface area contributed by atoms with Crippen LogP contribution >= 0.6 is 0 Å². The predicted octanol–water partition coefficient (Wildman–Crippen LogP) is 3.05. The summed E-state index contributed by atoms with van der Waals surface area (Å²) in [5.41, 5.74) is 2.36. The molecule has 12 heavy (non-hydrogen) atoms. The fourth-order valence-corrected chi connectivity index (χ4v) is 1.02. The zero-order valence-electron chi connectivity index (χ0n) is 7.20. The van der Waals surface area contributed by atoms with Crippen LogP contribution in [0.1, 0.15) is 12.5 Å². The van der Waals surface area contributed by atoms with Gasteiger partial charge in [-0.3, -0.25) is 0 Å². The van der Waals surface area contributed by atoms with Gasteiger partial charge in [0, 0.05) is 5.57 Å². The molecule has 60 valence electrons. The van der Waals surface area contributed by atoms with E-state index in [-0.39, 0.29) is 0 Å². The molecule has 0 saturated carbocycles. The van der Waals surface area contributed by atoms with E-state index in [1.807, 2.05) is 25.1 Å². The maximum absolute atomic E-state index is 5.07. The first-order valence-electron chi connectivity index (χ1n) is 3.92. The lowest BCUT2D eigenvalue weighted by Crippen LogP contribution is -1.79. The van der Waals surface area contributed by atoms with Crippen LogP contribution < -0.4 is 0 Å². The number of hydrogen-bond acceptors (Lipinski definition) is 0. The SMILES string of the molecule is C#[N+]C/C(C)=C/c1ccccc1. The Labute approximate surface area is 73.2 Å². The quantitative estimate of drug-likeness (QED) is 0.623. The average Bonchev–Trinajstić information content (AvgIpc) is 2.06. The fraction of sp³-hybridized carbons (Fsp3) is 0.182. The Morgan fingerprint density at radius 3 is 2.67 bits per heavy atom. The third kappa shape index (κ3) is 2.59. The van der Waals surface area contributed by atoms with Crippen molar-refractivity contribution in [2.75, 3.05) is 6.54 Å². The lowest BCUT2D eigenvalue weighted by atomic mass is 10.1. The van der Waals surface area contributed by atoms with Crippen LogP contribution in [0.2, 0.25) is 0 Å². The molecule has 0 N–H and O–H groups in total. The zero-order valence-corrected chi connectivity index (χ0v) is 7.20. The summed E-state index contributed by atoms with van der Waals surface area (Å²) in [6.07, 6.45) is 2.08. The molecule has 0 aliphatic rings. The van der Waals surface area contributed by atoms with Gasteiger partial charge in [-0.05, 0) is 18.6 Å². The fourth-order valence-electron chi connectivity index (χ4n) is 1.02. The summed E-state index contributed by atoms with van der Waals surface area (Å²) in [4.78, 5) is 3.56. The van der Waals surface area contributed by atoms with Crippen LogP contribution in [0, 0.1) is 6.57 Å². The highest BCUT2D eigenvalue weighted by atomic mass is 14.6. The van der Waals surface area contributed by atoms with E-state index in [2.05, 4.69) is 23.1 Å². The summed E-state index contributed by atoms with van der Waals surface area (Å²) in [5.74, 6) is 0. The van der Waals surface area contributed by atoms with E-state index >= 15 is 0 Å². The van der Waals surface area contributed by atoms with Crippen molar-refractivity contribution < 1.29 is 0 Å². The minimum atomic E-state index is 0.606.